The van der Waals surface area contributed by atoms with Crippen LogP contribution in [0.1, 0.15) is 27.6 Å². The zero-order valence-electron chi connectivity index (χ0n) is 11.0. The molecule has 0 aliphatic rings. The van der Waals surface area contributed by atoms with Crippen LogP contribution in [0.5, 0.6) is 0 Å². The molecule has 0 radical (unpaired) electrons. The van der Waals surface area contributed by atoms with Crippen LogP contribution in [-0.2, 0) is 0 Å². The number of nitrogens with one attached hydrogen (secondary N) is 1. The van der Waals surface area contributed by atoms with Gasteiger partial charge >= 0.3 is 18.9 Å². The zero-order valence-corrected chi connectivity index (χ0v) is 14.0. The summed E-state index contributed by atoms with van der Waals surface area (Å²) in [5.41, 5.74) is 0.0989. The van der Waals surface area contributed by atoms with Gasteiger partial charge in [-0.1, -0.05) is 12.1 Å². The van der Waals surface area contributed by atoms with Gasteiger partial charge in [-0.05, 0) is 41.8 Å². The quantitative estimate of drug-likeness (QED) is 0.477. The Balaban J connectivity index is 0.00000324. The van der Waals surface area contributed by atoms with E-state index in [1.807, 2.05) is 35.8 Å². The molecule has 1 N–H and O–H groups in total. The summed E-state index contributed by atoms with van der Waals surface area (Å²) < 4.78 is 0.600. The summed E-state index contributed by atoms with van der Waals surface area (Å²) in [4.78, 5) is 23.1. The van der Waals surface area contributed by atoms with E-state index in [0.29, 0.717) is 3.57 Å². The Morgan fingerprint density at radius 2 is 2.11 bits per heavy atom. The molecule has 1 unspecified atom stereocenters. The summed E-state index contributed by atoms with van der Waals surface area (Å²) in [6.45, 7) is 1.88. The van der Waals surface area contributed by atoms with Crippen LogP contribution in [0.3, 0.4) is 0 Å². The van der Waals surface area contributed by atoms with Crippen molar-refractivity contribution in [1.29, 1.82) is 0 Å². The smallest absolute Gasteiger partial charge is 0.545 e. The number of carbonyl (C=O) groups excluding carboxylic acids is 2. The number of carboxylic acids is 1. The minimum atomic E-state index is -1.34. The predicted octanol–water partition coefficient (Wildman–Crippen LogP) is -1.86. The first-order chi connectivity index (χ1) is 8.47. The largest absolute Gasteiger partial charge is 1.00 e. The van der Waals surface area contributed by atoms with Crippen molar-refractivity contribution in [2.75, 3.05) is 12.0 Å². The van der Waals surface area contributed by atoms with Crippen LogP contribution in [0.25, 0.3) is 0 Å². The number of carboxylic acid groups (broad SMARTS) is 1. The number of hydrogen-bond donors (Lipinski definition) is 1. The first kappa shape index (κ1) is 18.8. The van der Waals surface area contributed by atoms with Gasteiger partial charge in [-0.15, -0.1) is 0 Å². The topological polar surface area (TPSA) is 69.2 Å². The van der Waals surface area contributed by atoms with Crippen molar-refractivity contribution >= 4 is 46.2 Å². The second kappa shape index (κ2) is 8.90. The Morgan fingerprint density at radius 3 is 2.63 bits per heavy atom. The standard InChI is InChI=1S/C12H14INO3S.Li/c1-7(6-18-2)14-11(15)10-8(12(16)17)4-3-5-9(10)13;/h3-5,7H,6H2,1-2H3,(H,14,15)(H,16,17);/q;+1/p-1. The summed E-state index contributed by atoms with van der Waals surface area (Å²) in [6, 6.07) is 4.65. The molecule has 0 spiro atoms. The molecule has 4 nitrogen and oxygen atoms in total. The summed E-state index contributed by atoms with van der Waals surface area (Å²) in [5.74, 6) is -0.938. The first-order valence-electron chi connectivity index (χ1n) is 5.27. The molecule has 1 amide bonds. The molecular formula is C12H13ILiNO3S. The van der Waals surface area contributed by atoms with Gasteiger partial charge in [0.1, 0.15) is 0 Å². The third kappa shape index (κ3) is 5.38. The van der Waals surface area contributed by atoms with Gasteiger partial charge in [0.2, 0.25) is 0 Å². The SMILES string of the molecule is CSCC(C)NC(=O)c1c(I)cccc1C(=O)[O-].[Li+]. The zero-order chi connectivity index (χ0) is 13.7. The number of benzene rings is 1. The maximum Gasteiger partial charge on any atom is 1.00 e. The van der Waals surface area contributed by atoms with E-state index in [-0.39, 0.29) is 41.9 Å². The monoisotopic (exact) mass is 385 g/mol. The normalized spacial score (nSPS) is 11.3. The van der Waals surface area contributed by atoms with Crippen LogP contribution in [0, 0.1) is 3.57 Å². The van der Waals surface area contributed by atoms with Gasteiger partial charge in [0.15, 0.2) is 0 Å². The van der Waals surface area contributed by atoms with Crippen molar-refractivity contribution in [3.05, 3.63) is 32.9 Å². The van der Waals surface area contributed by atoms with E-state index in [4.69, 9.17) is 0 Å². The van der Waals surface area contributed by atoms with Crippen LogP contribution in [-0.4, -0.2) is 29.9 Å². The predicted molar refractivity (Wildman–Crippen MR) is 78.8 cm³/mol. The third-order valence-electron chi connectivity index (χ3n) is 2.25. The Bertz CT molecular complexity index is 470. The van der Waals surface area contributed by atoms with Gasteiger partial charge in [0, 0.05) is 20.9 Å². The van der Waals surface area contributed by atoms with E-state index in [1.165, 1.54) is 6.07 Å². The van der Waals surface area contributed by atoms with Gasteiger partial charge in [-0.2, -0.15) is 11.8 Å². The number of rotatable bonds is 5. The molecule has 0 saturated carbocycles. The average Bonchev–Trinajstić information content (AvgIpc) is 2.28. The van der Waals surface area contributed by atoms with Gasteiger partial charge in [0.05, 0.1) is 11.5 Å². The second-order valence-electron chi connectivity index (χ2n) is 3.78. The van der Waals surface area contributed by atoms with Gasteiger partial charge in [0.25, 0.3) is 5.91 Å². The maximum atomic E-state index is 12.1. The number of halogens is 1. The van der Waals surface area contributed by atoms with E-state index in [0.717, 1.165) is 5.75 Å². The van der Waals surface area contributed by atoms with E-state index in [2.05, 4.69) is 5.32 Å². The first-order valence-corrected chi connectivity index (χ1v) is 7.74. The van der Waals surface area contributed by atoms with Crippen molar-refractivity contribution in [2.45, 2.75) is 13.0 Å². The molecule has 7 heteroatoms. The Kier molecular flexibility index (Phi) is 8.82. The average molecular weight is 385 g/mol. The molecule has 0 fully saturated rings. The molecule has 0 saturated heterocycles. The number of carbonyl (C=O) groups is 2. The summed E-state index contributed by atoms with van der Waals surface area (Å²) in [6.07, 6.45) is 1.95. The molecule has 1 atom stereocenters. The van der Waals surface area contributed by atoms with E-state index < -0.39 is 5.97 Å². The number of thioether (sulfide) groups is 1. The third-order valence-corrected chi connectivity index (χ3v) is 3.99. The van der Waals surface area contributed by atoms with Crippen molar-refractivity contribution in [3.8, 4) is 0 Å². The number of aromatic carboxylic acids is 1. The fraction of sp³-hybridized carbons (Fsp3) is 0.333. The summed E-state index contributed by atoms with van der Waals surface area (Å²) in [5, 5.41) is 13.8. The Labute approximate surface area is 142 Å². The number of hydrogen-bond acceptors (Lipinski definition) is 4. The minimum Gasteiger partial charge on any atom is -0.545 e. The summed E-state index contributed by atoms with van der Waals surface area (Å²) in [7, 11) is 0. The molecule has 1 aromatic rings. The van der Waals surface area contributed by atoms with Crippen LogP contribution in [0.15, 0.2) is 18.2 Å². The van der Waals surface area contributed by atoms with E-state index >= 15 is 0 Å². The molecule has 0 aliphatic heterocycles. The van der Waals surface area contributed by atoms with Crippen molar-refractivity contribution < 1.29 is 33.6 Å². The van der Waals surface area contributed by atoms with Crippen molar-refractivity contribution in [2.24, 2.45) is 0 Å². The molecule has 98 valence electrons. The molecule has 0 heterocycles. The fourth-order valence-electron chi connectivity index (χ4n) is 1.51. The van der Waals surface area contributed by atoms with Crippen molar-refractivity contribution in [3.63, 3.8) is 0 Å². The molecule has 0 bridgehead atoms. The molecule has 19 heavy (non-hydrogen) atoms. The maximum absolute atomic E-state index is 12.1. The van der Waals surface area contributed by atoms with Gasteiger partial charge in [-0.25, -0.2) is 0 Å². The van der Waals surface area contributed by atoms with Crippen LogP contribution >= 0.6 is 34.4 Å². The van der Waals surface area contributed by atoms with E-state index in [9.17, 15) is 14.7 Å². The van der Waals surface area contributed by atoms with Gasteiger partial charge < -0.3 is 15.2 Å². The molecular weight excluding hydrogens is 372 g/mol. The molecule has 0 aromatic heterocycles. The number of amides is 1. The minimum absolute atomic E-state index is 0. The van der Waals surface area contributed by atoms with Crippen LogP contribution in [0.4, 0.5) is 0 Å². The van der Waals surface area contributed by atoms with Gasteiger partial charge in [-0.3, -0.25) is 4.79 Å². The van der Waals surface area contributed by atoms with Crippen LogP contribution in [0.2, 0.25) is 0 Å². The second-order valence-corrected chi connectivity index (χ2v) is 5.85. The Morgan fingerprint density at radius 1 is 1.47 bits per heavy atom. The molecule has 1 aromatic carbocycles. The molecule has 0 aliphatic carbocycles. The van der Waals surface area contributed by atoms with Crippen LogP contribution < -0.4 is 29.3 Å². The Hall–Kier alpha value is -0.163. The molecule has 1 rings (SSSR count). The summed E-state index contributed by atoms with van der Waals surface area (Å²) >= 11 is 3.56. The fourth-order valence-corrected chi connectivity index (χ4v) is 2.84. The van der Waals surface area contributed by atoms with Crippen molar-refractivity contribution in [1.82, 2.24) is 5.32 Å². The van der Waals surface area contributed by atoms with E-state index in [1.54, 1.807) is 23.9 Å².